The van der Waals surface area contributed by atoms with E-state index < -0.39 is 11.7 Å². The number of rotatable bonds is 8. The van der Waals surface area contributed by atoms with Gasteiger partial charge in [0.15, 0.2) is 0 Å². The van der Waals surface area contributed by atoms with Gasteiger partial charge < -0.3 is 10.6 Å². The average molecular weight is 410 g/mol. The number of benzene rings is 2. The van der Waals surface area contributed by atoms with E-state index in [1.54, 1.807) is 6.07 Å². The molecule has 28 heavy (non-hydrogen) atoms. The van der Waals surface area contributed by atoms with Crippen molar-refractivity contribution in [1.82, 2.24) is 5.32 Å². The molecule has 0 aliphatic rings. The van der Waals surface area contributed by atoms with Crippen molar-refractivity contribution in [2.24, 2.45) is 0 Å². The average Bonchev–Trinajstić information content (AvgIpc) is 2.61. The van der Waals surface area contributed by atoms with Gasteiger partial charge in [0.2, 0.25) is 11.8 Å². The maximum Gasteiger partial charge on any atom is 0.416 e. The SMILES string of the molecule is Cc1cccc(NC(=O)CSCC(=O)NCCc2ccccc2C(F)(F)F)c1. The smallest absolute Gasteiger partial charge is 0.355 e. The molecule has 0 radical (unpaired) electrons. The van der Waals surface area contributed by atoms with Gasteiger partial charge in [-0.15, -0.1) is 11.8 Å². The number of halogens is 3. The molecule has 0 bridgehead atoms. The molecule has 0 spiro atoms. The molecule has 4 nitrogen and oxygen atoms in total. The Kier molecular flexibility index (Phi) is 7.92. The number of amides is 2. The zero-order valence-corrected chi connectivity index (χ0v) is 16.1. The van der Waals surface area contributed by atoms with E-state index in [4.69, 9.17) is 0 Å². The van der Waals surface area contributed by atoms with Gasteiger partial charge in [-0.25, -0.2) is 0 Å². The normalized spacial score (nSPS) is 11.1. The fourth-order valence-corrected chi connectivity index (χ4v) is 3.21. The van der Waals surface area contributed by atoms with Crippen LogP contribution in [0.1, 0.15) is 16.7 Å². The van der Waals surface area contributed by atoms with Crippen LogP contribution in [0, 0.1) is 6.92 Å². The monoisotopic (exact) mass is 410 g/mol. The molecule has 8 heteroatoms. The lowest BCUT2D eigenvalue weighted by atomic mass is 10.0. The van der Waals surface area contributed by atoms with Gasteiger partial charge in [0.25, 0.3) is 0 Å². The summed E-state index contributed by atoms with van der Waals surface area (Å²) in [5.41, 5.74) is 1.17. The minimum atomic E-state index is -4.42. The molecule has 150 valence electrons. The van der Waals surface area contributed by atoms with Crippen LogP contribution in [0.15, 0.2) is 48.5 Å². The van der Waals surface area contributed by atoms with Crippen molar-refractivity contribution in [3.05, 3.63) is 65.2 Å². The maximum atomic E-state index is 12.9. The minimum absolute atomic E-state index is 0.0577. The Hall–Kier alpha value is -2.48. The summed E-state index contributed by atoms with van der Waals surface area (Å²) in [7, 11) is 0. The van der Waals surface area contributed by atoms with E-state index in [-0.39, 0.29) is 41.8 Å². The van der Waals surface area contributed by atoms with E-state index in [0.29, 0.717) is 5.69 Å². The highest BCUT2D eigenvalue weighted by molar-refractivity contribution is 8.00. The molecule has 0 fully saturated rings. The predicted molar refractivity (Wildman–Crippen MR) is 105 cm³/mol. The van der Waals surface area contributed by atoms with Crippen molar-refractivity contribution in [2.75, 3.05) is 23.4 Å². The van der Waals surface area contributed by atoms with Crippen molar-refractivity contribution < 1.29 is 22.8 Å². The fourth-order valence-electron chi connectivity index (χ4n) is 2.56. The van der Waals surface area contributed by atoms with E-state index in [9.17, 15) is 22.8 Å². The highest BCUT2D eigenvalue weighted by atomic mass is 32.2. The van der Waals surface area contributed by atoms with E-state index in [0.717, 1.165) is 23.4 Å². The summed E-state index contributed by atoms with van der Waals surface area (Å²) in [5.74, 6) is -0.374. The summed E-state index contributed by atoms with van der Waals surface area (Å²) >= 11 is 1.14. The van der Waals surface area contributed by atoms with Crippen LogP contribution in [-0.2, 0) is 22.2 Å². The largest absolute Gasteiger partial charge is 0.416 e. The summed E-state index contributed by atoms with van der Waals surface area (Å²) in [4.78, 5) is 23.7. The van der Waals surface area contributed by atoms with E-state index in [1.165, 1.54) is 18.2 Å². The predicted octanol–water partition coefficient (Wildman–Crippen LogP) is 4.04. The van der Waals surface area contributed by atoms with Gasteiger partial charge >= 0.3 is 6.18 Å². The number of alkyl halides is 3. The summed E-state index contributed by atoms with van der Waals surface area (Å²) in [6.07, 6.45) is -4.33. The van der Waals surface area contributed by atoms with Gasteiger partial charge in [0.1, 0.15) is 0 Å². The van der Waals surface area contributed by atoms with Crippen molar-refractivity contribution in [2.45, 2.75) is 19.5 Å². The van der Waals surface area contributed by atoms with Crippen molar-refractivity contribution in [3.63, 3.8) is 0 Å². The second-order valence-electron chi connectivity index (χ2n) is 6.17. The molecule has 0 aliphatic carbocycles. The third kappa shape index (κ3) is 7.26. The molecule has 0 saturated heterocycles. The second kappa shape index (κ2) is 10.2. The Labute approximate surface area is 165 Å². The zero-order chi connectivity index (χ0) is 20.6. The van der Waals surface area contributed by atoms with Gasteiger partial charge in [-0.1, -0.05) is 30.3 Å². The fraction of sp³-hybridized carbons (Fsp3) is 0.300. The number of thioether (sulfide) groups is 1. The van der Waals surface area contributed by atoms with Crippen LogP contribution in [0.4, 0.5) is 18.9 Å². The number of carbonyl (C=O) groups is 2. The number of carbonyl (C=O) groups excluding carboxylic acids is 2. The van der Waals surface area contributed by atoms with Crippen LogP contribution >= 0.6 is 11.8 Å². The second-order valence-corrected chi connectivity index (χ2v) is 7.15. The molecule has 2 aromatic carbocycles. The third-order valence-electron chi connectivity index (χ3n) is 3.81. The first kappa shape index (κ1) is 21.8. The molecule has 2 rings (SSSR count). The molecule has 0 unspecified atom stereocenters. The van der Waals surface area contributed by atoms with Crippen LogP contribution < -0.4 is 10.6 Å². The molecule has 0 aromatic heterocycles. The number of nitrogens with one attached hydrogen (secondary N) is 2. The van der Waals surface area contributed by atoms with E-state index >= 15 is 0 Å². The first-order valence-corrected chi connectivity index (χ1v) is 9.77. The molecule has 2 aromatic rings. The molecular formula is C20H21F3N2O2S. The van der Waals surface area contributed by atoms with Crippen molar-refractivity contribution in [3.8, 4) is 0 Å². The molecule has 0 heterocycles. The number of anilines is 1. The number of aryl methyl sites for hydroxylation is 1. The van der Waals surface area contributed by atoms with Crippen LogP contribution in [0.3, 0.4) is 0 Å². The van der Waals surface area contributed by atoms with Gasteiger partial charge in [-0.05, 0) is 42.7 Å². The van der Waals surface area contributed by atoms with Gasteiger partial charge in [0, 0.05) is 12.2 Å². The first-order valence-electron chi connectivity index (χ1n) is 8.62. The molecule has 2 amide bonds. The number of hydrogen-bond acceptors (Lipinski definition) is 3. The third-order valence-corrected chi connectivity index (χ3v) is 4.74. The molecular weight excluding hydrogens is 389 g/mol. The Morgan fingerprint density at radius 1 is 1.00 bits per heavy atom. The van der Waals surface area contributed by atoms with Gasteiger partial charge in [0.05, 0.1) is 17.1 Å². The topological polar surface area (TPSA) is 58.2 Å². The highest BCUT2D eigenvalue weighted by Gasteiger charge is 2.32. The molecule has 0 saturated carbocycles. The first-order chi connectivity index (χ1) is 13.3. The maximum absolute atomic E-state index is 12.9. The Balaban J connectivity index is 1.69. The van der Waals surface area contributed by atoms with Crippen molar-refractivity contribution >= 4 is 29.3 Å². The van der Waals surface area contributed by atoms with Gasteiger partial charge in [-0.2, -0.15) is 13.2 Å². The zero-order valence-electron chi connectivity index (χ0n) is 15.3. The number of hydrogen-bond donors (Lipinski definition) is 2. The van der Waals surface area contributed by atoms with Crippen LogP contribution in [0.5, 0.6) is 0 Å². The Morgan fingerprint density at radius 3 is 2.43 bits per heavy atom. The molecule has 2 N–H and O–H groups in total. The molecule has 0 aliphatic heterocycles. The standard InChI is InChI=1S/C20H21F3N2O2S/c1-14-5-4-7-16(11-14)25-19(27)13-28-12-18(26)24-10-9-15-6-2-3-8-17(15)20(21,22)23/h2-8,11H,9-10,12-13H2,1H3,(H,24,26)(H,25,27). The Bertz CT molecular complexity index is 825. The van der Waals surface area contributed by atoms with Gasteiger partial charge in [-0.3, -0.25) is 9.59 Å². The summed E-state index contributed by atoms with van der Waals surface area (Å²) in [5, 5.41) is 5.33. The highest BCUT2D eigenvalue weighted by Crippen LogP contribution is 2.31. The lowest BCUT2D eigenvalue weighted by molar-refractivity contribution is -0.138. The molecule has 0 atom stereocenters. The summed E-state index contributed by atoms with van der Waals surface area (Å²) < 4.78 is 38.8. The van der Waals surface area contributed by atoms with Crippen LogP contribution in [0.25, 0.3) is 0 Å². The lowest BCUT2D eigenvalue weighted by Gasteiger charge is -2.12. The summed E-state index contributed by atoms with van der Waals surface area (Å²) in [6.45, 7) is 2.02. The Morgan fingerprint density at radius 2 is 1.71 bits per heavy atom. The summed E-state index contributed by atoms with van der Waals surface area (Å²) in [6, 6.07) is 12.7. The van der Waals surface area contributed by atoms with Crippen LogP contribution in [0.2, 0.25) is 0 Å². The van der Waals surface area contributed by atoms with Crippen LogP contribution in [-0.4, -0.2) is 29.9 Å². The lowest BCUT2D eigenvalue weighted by Crippen LogP contribution is -2.28. The van der Waals surface area contributed by atoms with Crippen molar-refractivity contribution in [1.29, 1.82) is 0 Å². The van der Waals surface area contributed by atoms with E-state index in [2.05, 4.69) is 10.6 Å². The van der Waals surface area contributed by atoms with E-state index in [1.807, 2.05) is 25.1 Å². The minimum Gasteiger partial charge on any atom is -0.355 e. The quantitative estimate of drug-likeness (QED) is 0.691.